The molecule has 0 saturated carbocycles. The lowest BCUT2D eigenvalue weighted by molar-refractivity contribution is 0.104. The summed E-state index contributed by atoms with van der Waals surface area (Å²) in [4.78, 5) is 17.4. The number of carbonyl (C=O) groups excluding carboxylic acids is 1. The third-order valence-electron chi connectivity index (χ3n) is 3.59. The number of fused-ring (bicyclic) bond motifs is 4. The van der Waals surface area contributed by atoms with Crippen LogP contribution in [0.3, 0.4) is 0 Å². The quantitative estimate of drug-likeness (QED) is 0.810. The zero-order valence-electron chi connectivity index (χ0n) is 11.2. The molecular formula is C16H11ClN2O2. The van der Waals surface area contributed by atoms with Gasteiger partial charge in [-0.15, -0.1) is 0 Å². The summed E-state index contributed by atoms with van der Waals surface area (Å²) in [6.07, 6.45) is 5.05. The van der Waals surface area contributed by atoms with E-state index in [2.05, 4.69) is 4.98 Å². The number of carbonyl (C=O) groups is 1. The highest BCUT2D eigenvalue weighted by atomic mass is 35.5. The topological polar surface area (TPSA) is 45.3 Å². The Balaban J connectivity index is 2.02. The maximum atomic E-state index is 12.2. The Labute approximate surface area is 125 Å². The highest BCUT2D eigenvalue weighted by Gasteiger charge is 2.24. The van der Waals surface area contributed by atoms with Crippen LogP contribution in [0.15, 0.2) is 35.4 Å². The van der Waals surface area contributed by atoms with E-state index in [-0.39, 0.29) is 5.78 Å². The predicted octanol–water partition coefficient (Wildman–Crippen LogP) is 2.09. The van der Waals surface area contributed by atoms with Crippen molar-refractivity contribution in [3.63, 3.8) is 0 Å². The number of allylic oxidation sites excluding steroid dienone is 2. The lowest BCUT2D eigenvalue weighted by Gasteiger charge is -2.15. The summed E-state index contributed by atoms with van der Waals surface area (Å²) in [5.41, 5.74) is 1.47. The molecule has 2 aliphatic rings. The molecule has 0 bridgehead atoms. The Morgan fingerprint density at radius 1 is 1.19 bits per heavy atom. The average molecular weight is 299 g/mol. The van der Waals surface area contributed by atoms with Crippen molar-refractivity contribution in [1.29, 1.82) is 0 Å². The summed E-state index contributed by atoms with van der Waals surface area (Å²) in [6, 6.07) is 7.70. The molecule has 4 rings (SSSR count). The van der Waals surface area contributed by atoms with E-state index in [1.807, 2.05) is 42.4 Å². The maximum absolute atomic E-state index is 12.2. The third-order valence-corrected chi connectivity index (χ3v) is 3.81. The molecule has 1 aliphatic carbocycles. The van der Waals surface area contributed by atoms with Crippen LogP contribution in [0.1, 0.15) is 10.4 Å². The number of ketones is 1. The molecule has 1 N–H and O–H groups in total. The van der Waals surface area contributed by atoms with Crippen LogP contribution in [-0.2, 0) is 0 Å². The number of aromatic amines is 1. The van der Waals surface area contributed by atoms with Crippen LogP contribution in [-0.4, -0.2) is 17.8 Å². The summed E-state index contributed by atoms with van der Waals surface area (Å²) in [5, 5.41) is 1.85. The number of hydrogen-bond donors (Lipinski definition) is 1. The van der Waals surface area contributed by atoms with Crippen LogP contribution < -0.4 is 20.3 Å². The fourth-order valence-corrected chi connectivity index (χ4v) is 2.86. The van der Waals surface area contributed by atoms with E-state index in [0.717, 1.165) is 11.0 Å². The summed E-state index contributed by atoms with van der Waals surface area (Å²) in [6.45, 7) is 0. The first-order chi connectivity index (χ1) is 10.1. The molecule has 0 spiro atoms. The number of nitrogens with one attached hydrogen (secondary N) is 1. The molecular weight excluding hydrogens is 288 g/mol. The summed E-state index contributed by atoms with van der Waals surface area (Å²) in [7, 11) is 1.94. The molecule has 2 aromatic rings. The van der Waals surface area contributed by atoms with Gasteiger partial charge in [0, 0.05) is 24.4 Å². The molecule has 21 heavy (non-hydrogen) atoms. The van der Waals surface area contributed by atoms with Crippen LogP contribution in [0.2, 0.25) is 0 Å². The number of halogens is 1. The van der Waals surface area contributed by atoms with Gasteiger partial charge in [-0.1, -0.05) is 23.7 Å². The predicted molar refractivity (Wildman–Crippen MR) is 82.2 cm³/mol. The fraction of sp³-hybridized carbons (Fsp3) is 0.0625. The number of anilines is 1. The molecule has 0 atom stereocenters. The molecule has 0 radical (unpaired) electrons. The summed E-state index contributed by atoms with van der Waals surface area (Å²) >= 11 is 5.95. The first kappa shape index (κ1) is 12.3. The number of aromatic nitrogens is 1. The van der Waals surface area contributed by atoms with Gasteiger partial charge in [0.05, 0.1) is 21.9 Å². The van der Waals surface area contributed by atoms with Crippen molar-refractivity contribution in [3.8, 4) is 11.5 Å². The van der Waals surface area contributed by atoms with Gasteiger partial charge in [-0.05, 0) is 18.2 Å². The average Bonchev–Trinajstić information content (AvgIpc) is 2.70. The van der Waals surface area contributed by atoms with Crippen LogP contribution in [0, 0.1) is 0 Å². The number of nitrogens with zero attached hydrogens (tertiary/aromatic N) is 1. The van der Waals surface area contributed by atoms with Gasteiger partial charge in [0.15, 0.2) is 17.3 Å². The van der Waals surface area contributed by atoms with Crippen molar-refractivity contribution >= 4 is 35.3 Å². The lowest BCUT2D eigenvalue weighted by atomic mass is 10.1. The van der Waals surface area contributed by atoms with Crippen LogP contribution in [0.4, 0.5) is 5.69 Å². The second-order valence-electron chi connectivity index (χ2n) is 5.00. The second kappa shape index (κ2) is 4.27. The zero-order valence-corrected chi connectivity index (χ0v) is 11.9. The standard InChI is InChI=1S/C16H11ClN2O2/c1-19-8-11-16(21-14-5-3-2-4-12(14)19)15-10(18-11)6-9(17)7-13(15)20/h2-8,18H,1H3. The molecule has 2 heterocycles. The minimum atomic E-state index is -0.148. The van der Waals surface area contributed by atoms with E-state index in [1.54, 1.807) is 6.08 Å². The molecule has 0 saturated heterocycles. The number of para-hydroxylation sites is 2. The third kappa shape index (κ3) is 1.80. The highest BCUT2D eigenvalue weighted by Crippen LogP contribution is 2.33. The van der Waals surface area contributed by atoms with Gasteiger partial charge in [0.1, 0.15) is 0 Å². The van der Waals surface area contributed by atoms with Crippen molar-refractivity contribution in [3.05, 3.63) is 51.6 Å². The minimum Gasteiger partial charge on any atom is -0.452 e. The molecule has 0 fully saturated rings. The van der Waals surface area contributed by atoms with Crippen LogP contribution in [0.25, 0.3) is 12.3 Å². The maximum Gasteiger partial charge on any atom is 0.193 e. The lowest BCUT2D eigenvalue weighted by Crippen LogP contribution is -2.19. The number of hydrogen-bond acceptors (Lipinski definition) is 3. The van der Waals surface area contributed by atoms with Crippen LogP contribution in [0.5, 0.6) is 11.5 Å². The fourth-order valence-electron chi connectivity index (χ4n) is 2.66. The van der Waals surface area contributed by atoms with Gasteiger partial charge in [-0.3, -0.25) is 4.79 Å². The van der Waals surface area contributed by atoms with Crippen LogP contribution >= 0.6 is 11.6 Å². The van der Waals surface area contributed by atoms with E-state index in [1.165, 1.54) is 6.08 Å². The van der Waals surface area contributed by atoms with Gasteiger partial charge in [-0.25, -0.2) is 0 Å². The number of benzene rings is 1. The van der Waals surface area contributed by atoms with Crippen molar-refractivity contribution in [1.82, 2.24) is 4.98 Å². The van der Waals surface area contributed by atoms with Gasteiger partial charge < -0.3 is 14.6 Å². The number of ether oxygens (including phenoxy) is 1. The first-order valence-corrected chi connectivity index (χ1v) is 6.88. The molecule has 0 unspecified atom stereocenters. The van der Waals surface area contributed by atoms with Gasteiger partial charge in [0.25, 0.3) is 0 Å². The van der Waals surface area contributed by atoms with Crippen molar-refractivity contribution in [2.24, 2.45) is 0 Å². The van der Waals surface area contributed by atoms with Gasteiger partial charge >= 0.3 is 0 Å². The molecule has 1 aromatic heterocycles. The zero-order chi connectivity index (χ0) is 14.6. The summed E-state index contributed by atoms with van der Waals surface area (Å²) < 4.78 is 6.00. The Bertz CT molecular complexity index is 924. The SMILES string of the molecule is CN1C=c2[nH]c3c(c2Oc2ccccc21)C(=O)C=C(Cl)C=3. The molecule has 4 nitrogen and oxygen atoms in total. The van der Waals surface area contributed by atoms with Crippen molar-refractivity contribution in [2.45, 2.75) is 0 Å². The summed E-state index contributed by atoms with van der Waals surface area (Å²) in [5.74, 6) is 1.11. The highest BCUT2D eigenvalue weighted by molar-refractivity contribution is 6.37. The largest absolute Gasteiger partial charge is 0.452 e. The van der Waals surface area contributed by atoms with E-state index in [4.69, 9.17) is 16.3 Å². The normalized spacial score (nSPS) is 15.6. The second-order valence-corrected chi connectivity index (χ2v) is 5.44. The van der Waals surface area contributed by atoms with E-state index >= 15 is 0 Å². The van der Waals surface area contributed by atoms with E-state index in [0.29, 0.717) is 27.4 Å². The van der Waals surface area contributed by atoms with Crippen molar-refractivity contribution in [2.75, 3.05) is 11.9 Å². The first-order valence-electron chi connectivity index (χ1n) is 6.50. The Kier molecular flexibility index (Phi) is 2.50. The smallest absolute Gasteiger partial charge is 0.193 e. The van der Waals surface area contributed by atoms with E-state index in [9.17, 15) is 4.79 Å². The molecule has 1 aliphatic heterocycles. The van der Waals surface area contributed by atoms with Gasteiger partial charge in [-0.2, -0.15) is 0 Å². The molecule has 1 aromatic carbocycles. The van der Waals surface area contributed by atoms with Crippen molar-refractivity contribution < 1.29 is 9.53 Å². The minimum absolute atomic E-state index is 0.148. The Morgan fingerprint density at radius 3 is 2.86 bits per heavy atom. The molecule has 0 amide bonds. The number of H-pyrrole nitrogens is 1. The Hall–Kier alpha value is -2.46. The van der Waals surface area contributed by atoms with Gasteiger partial charge in [0.2, 0.25) is 0 Å². The molecule has 104 valence electrons. The molecule has 5 heteroatoms. The Morgan fingerprint density at radius 2 is 2.00 bits per heavy atom. The number of rotatable bonds is 0. The van der Waals surface area contributed by atoms with E-state index < -0.39 is 0 Å². The monoisotopic (exact) mass is 298 g/mol.